The van der Waals surface area contributed by atoms with Crippen molar-refractivity contribution in [3.63, 3.8) is 0 Å². The summed E-state index contributed by atoms with van der Waals surface area (Å²) in [5.74, 6) is 0. The molecule has 4 nitrogen and oxygen atoms in total. The summed E-state index contributed by atoms with van der Waals surface area (Å²) in [5.41, 5.74) is 10.1. The Morgan fingerprint density at radius 3 is 2.69 bits per heavy atom. The average molecular weight is 216 g/mol. The standard InChI is InChI=1S/C12H16N4/c13-16-15-12-9-5-4-8-11(12)14-10-6-2-1-3-7-10/h4-5,8-10,14H,1-3,6-7H2. The van der Waals surface area contributed by atoms with Gasteiger partial charge in [0.05, 0.1) is 5.69 Å². The zero-order chi connectivity index (χ0) is 11.2. The van der Waals surface area contributed by atoms with Crippen LogP contribution in [0.15, 0.2) is 29.4 Å². The maximum atomic E-state index is 8.48. The van der Waals surface area contributed by atoms with Crippen LogP contribution >= 0.6 is 0 Å². The number of nitrogens with one attached hydrogen (secondary N) is 1. The lowest BCUT2D eigenvalue weighted by Gasteiger charge is -2.24. The van der Waals surface area contributed by atoms with Crippen molar-refractivity contribution in [2.45, 2.75) is 38.1 Å². The van der Waals surface area contributed by atoms with Gasteiger partial charge < -0.3 is 5.32 Å². The van der Waals surface area contributed by atoms with Gasteiger partial charge in [0.25, 0.3) is 0 Å². The van der Waals surface area contributed by atoms with E-state index in [9.17, 15) is 0 Å². The third kappa shape index (κ3) is 2.67. The lowest BCUT2D eigenvalue weighted by molar-refractivity contribution is 0.463. The van der Waals surface area contributed by atoms with E-state index in [0.29, 0.717) is 11.7 Å². The van der Waals surface area contributed by atoms with Crippen LogP contribution in [0.3, 0.4) is 0 Å². The zero-order valence-corrected chi connectivity index (χ0v) is 9.26. The summed E-state index contributed by atoms with van der Waals surface area (Å²) in [6.45, 7) is 0. The highest BCUT2D eigenvalue weighted by Crippen LogP contribution is 2.28. The van der Waals surface area contributed by atoms with E-state index in [1.54, 1.807) is 0 Å². The number of anilines is 1. The number of para-hydroxylation sites is 1. The summed E-state index contributed by atoms with van der Waals surface area (Å²) in [4.78, 5) is 2.84. The van der Waals surface area contributed by atoms with E-state index in [2.05, 4.69) is 15.3 Å². The van der Waals surface area contributed by atoms with Gasteiger partial charge in [0.15, 0.2) is 0 Å². The van der Waals surface area contributed by atoms with Crippen molar-refractivity contribution in [2.24, 2.45) is 5.11 Å². The van der Waals surface area contributed by atoms with Gasteiger partial charge in [-0.05, 0) is 24.4 Å². The molecule has 1 aliphatic rings. The SMILES string of the molecule is [N-]=[N+]=Nc1ccccc1NC1CCCCC1. The third-order valence-corrected chi connectivity index (χ3v) is 3.02. The smallest absolute Gasteiger partial charge is 0.0607 e. The number of benzene rings is 1. The molecule has 1 N–H and O–H groups in total. The molecule has 0 amide bonds. The van der Waals surface area contributed by atoms with Crippen molar-refractivity contribution >= 4 is 11.4 Å². The fraction of sp³-hybridized carbons (Fsp3) is 0.500. The van der Waals surface area contributed by atoms with Crippen LogP contribution in [0.2, 0.25) is 0 Å². The molecule has 4 heteroatoms. The third-order valence-electron chi connectivity index (χ3n) is 3.02. The average Bonchev–Trinajstić information content (AvgIpc) is 2.33. The predicted octanol–water partition coefficient (Wildman–Crippen LogP) is 4.37. The molecular weight excluding hydrogens is 200 g/mol. The molecule has 0 radical (unpaired) electrons. The molecule has 0 aromatic heterocycles. The van der Waals surface area contributed by atoms with Gasteiger partial charge in [-0.2, -0.15) is 0 Å². The fourth-order valence-electron chi connectivity index (χ4n) is 2.20. The number of nitrogens with zero attached hydrogens (tertiary/aromatic N) is 3. The number of rotatable bonds is 3. The van der Waals surface area contributed by atoms with Gasteiger partial charge in [0, 0.05) is 16.6 Å². The number of azide groups is 1. The van der Waals surface area contributed by atoms with Crippen molar-refractivity contribution in [3.05, 3.63) is 34.7 Å². The maximum Gasteiger partial charge on any atom is 0.0607 e. The van der Waals surface area contributed by atoms with Crippen molar-refractivity contribution in [1.29, 1.82) is 0 Å². The number of hydrogen-bond donors (Lipinski definition) is 1. The molecule has 0 aliphatic heterocycles. The van der Waals surface area contributed by atoms with E-state index in [1.165, 1.54) is 32.1 Å². The molecule has 2 rings (SSSR count). The van der Waals surface area contributed by atoms with Crippen LogP contribution in [-0.2, 0) is 0 Å². The van der Waals surface area contributed by atoms with Crippen LogP contribution in [0.4, 0.5) is 11.4 Å². The summed E-state index contributed by atoms with van der Waals surface area (Å²) in [5, 5.41) is 7.16. The van der Waals surface area contributed by atoms with Crippen LogP contribution < -0.4 is 5.32 Å². The molecule has 0 bridgehead atoms. The second kappa shape index (κ2) is 5.42. The monoisotopic (exact) mass is 216 g/mol. The first-order valence-electron chi connectivity index (χ1n) is 5.81. The van der Waals surface area contributed by atoms with Crippen molar-refractivity contribution in [3.8, 4) is 0 Å². The maximum absolute atomic E-state index is 8.48. The van der Waals surface area contributed by atoms with Crippen LogP contribution in [-0.4, -0.2) is 6.04 Å². The van der Waals surface area contributed by atoms with Crippen LogP contribution in [0.5, 0.6) is 0 Å². The molecule has 16 heavy (non-hydrogen) atoms. The minimum absolute atomic E-state index is 0.531. The van der Waals surface area contributed by atoms with E-state index in [-0.39, 0.29) is 0 Å². The molecule has 0 saturated heterocycles. The summed E-state index contributed by atoms with van der Waals surface area (Å²) in [6, 6.07) is 8.19. The van der Waals surface area contributed by atoms with Gasteiger partial charge in [-0.15, -0.1) is 0 Å². The minimum atomic E-state index is 0.531. The molecule has 1 fully saturated rings. The first kappa shape index (κ1) is 10.8. The topological polar surface area (TPSA) is 60.8 Å². The summed E-state index contributed by atoms with van der Waals surface area (Å²) in [6.07, 6.45) is 6.36. The van der Waals surface area contributed by atoms with Crippen molar-refractivity contribution in [1.82, 2.24) is 0 Å². The normalized spacial score (nSPS) is 16.5. The second-order valence-electron chi connectivity index (χ2n) is 4.19. The van der Waals surface area contributed by atoms with Crippen molar-refractivity contribution < 1.29 is 0 Å². The van der Waals surface area contributed by atoms with Gasteiger partial charge in [-0.1, -0.05) is 42.6 Å². The predicted molar refractivity (Wildman–Crippen MR) is 65.7 cm³/mol. The van der Waals surface area contributed by atoms with E-state index >= 15 is 0 Å². The molecule has 0 atom stereocenters. The summed E-state index contributed by atoms with van der Waals surface area (Å²) < 4.78 is 0. The lowest BCUT2D eigenvalue weighted by atomic mass is 9.95. The van der Waals surface area contributed by atoms with E-state index in [0.717, 1.165) is 5.69 Å². The van der Waals surface area contributed by atoms with Gasteiger partial charge in [0.2, 0.25) is 0 Å². The van der Waals surface area contributed by atoms with Gasteiger partial charge in [0.1, 0.15) is 0 Å². The Bertz CT molecular complexity index is 390. The Hall–Kier alpha value is -1.67. The molecule has 1 saturated carbocycles. The fourth-order valence-corrected chi connectivity index (χ4v) is 2.20. The van der Waals surface area contributed by atoms with Crippen LogP contribution in [0, 0.1) is 0 Å². The minimum Gasteiger partial charge on any atom is -0.382 e. The first-order chi connectivity index (χ1) is 7.90. The Labute approximate surface area is 95.3 Å². The molecule has 0 heterocycles. The Balaban J connectivity index is 2.10. The molecule has 0 spiro atoms. The van der Waals surface area contributed by atoms with Gasteiger partial charge >= 0.3 is 0 Å². The zero-order valence-electron chi connectivity index (χ0n) is 9.26. The molecule has 84 valence electrons. The quantitative estimate of drug-likeness (QED) is 0.455. The molecule has 1 aliphatic carbocycles. The number of hydrogen-bond acceptors (Lipinski definition) is 2. The largest absolute Gasteiger partial charge is 0.382 e. The van der Waals surface area contributed by atoms with Crippen molar-refractivity contribution in [2.75, 3.05) is 5.32 Å². The van der Waals surface area contributed by atoms with E-state index in [1.807, 2.05) is 24.3 Å². The summed E-state index contributed by atoms with van der Waals surface area (Å²) >= 11 is 0. The highest BCUT2D eigenvalue weighted by atomic mass is 15.1. The molecule has 0 unspecified atom stereocenters. The highest BCUT2D eigenvalue weighted by Gasteiger charge is 2.13. The van der Waals surface area contributed by atoms with E-state index < -0.39 is 0 Å². The van der Waals surface area contributed by atoms with E-state index in [4.69, 9.17) is 5.53 Å². The highest BCUT2D eigenvalue weighted by molar-refractivity contribution is 5.65. The summed E-state index contributed by atoms with van der Waals surface area (Å²) in [7, 11) is 0. The molecule has 1 aromatic carbocycles. The molecular formula is C12H16N4. The Morgan fingerprint density at radius 2 is 1.94 bits per heavy atom. The Morgan fingerprint density at radius 1 is 1.19 bits per heavy atom. The van der Waals surface area contributed by atoms with Gasteiger partial charge in [-0.25, -0.2) is 0 Å². The van der Waals surface area contributed by atoms with Crippen LogP contribution in [0.1, 0.15) is 32.1 Å². The second-order valence-corrected chi connectivity index (χ2v) is 4.19. The first-order valence-corrected chi connectivity index (χ1v) is 5.81. The van der Waals surface area contributed by atoms with Gasteiger partial charge in [-0.3, -0.25) is 0 Å². The Kier molecular flexibility index (Phi) is 3.67. The van der Waals surface area contributed by atoms with Crippen LogP contribution in [0.25, 0.3) is 10.4 Å². The lowest BCUT2D eigenvalue weighted by Crippen LogP contribution is -2.22. The molecule has 1 aromatic rings.